The molecule has 0 spiro atoms. The largest absolute Gasteiger partial charge is 0.485 e. The Morgan fingerprint density at radius 3 is 2.62 bits per heavy atom. The third-order valence-electron chi connectivity index (χ3n) is 4.94. The Morgan fingerprint density at radius 1 is 1.31 bits per heavy atom. The molecule has 1 amide bonds. The molecule has 144 valence electrons. The lowest BCUT2D eigenvalue weighted by Crippen LogP contribution is -2.55. The number of halogens is 2. The number of nitrogens with zero attached hydrogens (tertiary/aromatic N) is 1. The van der Waals surface area contributed by atoms with Gasteiger partial charge in [0.2, 0.25) is 15.7 Å². The highest BCUT2D eigenvalue weighted by Gasteiger charge is 2.47. The van der Waals surface area contributed by atoms with Crippen molar-refractivity contribution in [2.45, 2.75) is 61.5 Å². The van der Waals surface area contributed by atoms with Crippen LogP contribution in [0, 0.1) is 0 Å². The lowest BCUT2D eigenvalue weighted by Gasteiger charge is -2.47. The number of hydrogen-bond acceptors (Lipinski definition) is 5. The molecule has 0 bridgehead atoms. The maximum atomic E-state index is 12.9. The summed E-state index contributed by atoms with van der Waals surface area (Å²) in [5.41, 5.74) is -0.799. The molecule has 26 heavy (non-hydrogen) atoms. The smallest absolute Gasteiger partial charge is 0.341 e. The minimum Gasteiger partial charge on any atom is -0.485 e. The van der Waals surface area contributed by atoms with Crippen LogP contribution in [0.15, 0.2) is 23.1 Å². The number of sulfone groups is 1. The molecule has 1 N–H and O–H groups in total. The molecule has 3 rings (SSSR count). The summed E-state index contributed by atoms with van der Waals surface area (Å²) in [6, 6.07) is 2.60. The number of aliphatic hydroxyl groups is 1. The van der Waals surface area contributed by atoms with Crippen LogP contribution in [0.1, 0.15) is 44.7 Å². The highest BCUT2D eigenvalue weighted by atomic mass is 32.2. The second kappa shape index (κ2) is 6.45. The number of aliphatic hydroxyl groups excluding tert-OH is 1. The van der Waals surface area contributed by atoms with Gasteiger partial charge in [-0.15, -0.1) is 0 Å². The number of amides is 1. The first-order valence-electron chi connectivity index (χ1n) is 8.38. The van der Waals surface area contributed by atoms with E-state index in [0.29, 0.717) is 13.0 Å². The van der Waals surface area contributed by atoms with Gasteiger partial charge in [0.05, 0.1) is 10.9 Å². The summed E-state index contributed by atoms with van der Waals surface area (Å²) in [6.07, 6.45) is 0.682. The van der Waals surface area contributed by atoms with Crippen LogP contribution in [-0.2, 0) is 14.6 Å². The zero-order chi connectivity index (χ0) is 19.3. The Morgan fingerprint density at radius 2 is 2.00 bits per heavy atom. The Balaban J connectivity index is 2.14. The molecule has 1 aromatic rings. The quantitative estimate of drug-likeness (QED) is 0.857. The number of rotatable bonds is 3. The lowest BCUT2D eigenvalue weighted by molar-refractivity contribution is -0.147. The summed E-state index contributed by atoms with van der Waals surface area (Å²) in [5, 5.41) is 10.8. The monoisotopic (exact) mass is 389 g/mol. The number of likely N-dealkylation sites (tertiary alicyclic amines) is 1. The van der Waals surface area contributed by atoms with Crippen molar-refractivity contribution < 1.29 is 31.8 Å². The van der Waals surface area contributed by atoms with Gasteiger partial charge in [0.25, 0.3) is 0 Å². The van der Waals surface area contributed by atoms with E-state index in [1.54, 1.807) is 13.8 Å². The molecule has 2 aliphatic heterocycles. The van der Waals surface area contributed by atoms with Gasteiger partial charge in [-0.25, -0.2) is 8.42 Å². The summed E-state index contributed by atoms with van der Waals surface area (Å²) in [7, 11) is -4.80. The van der Waals surface area contributed by atoms with Gasteiger partial charge in [-0.1, -0.05) is 0 Å². The molecule has 1 fully saturated rings. The second-order valence-corrected chi connectivity index (χ2v) is 9.06. The summed E-state index contributed by atoms with van der Waals surface area (Å²) >= 11 is 0. The van der Waals surface area contributed by atoms with Crippen LogP contribution in [0.5, 0.6) is 5.75 Å². The molecule has 0 aromatic heterocycles. The van der Waals surface area contributed by atoms with E-state index in [0.717, 1.165) is 25.0 Å². The third-order valence-corrected chi connectivity index (χ3v) is 6.32. The van der Waals surface area contributed by atoms with Crippen LogP contribution in [0.2, 0.25) is 0 Å². The van der Waals surface area contributed by atoms with Crippen molar-refractivity contribution in [3.05, 3.63) is 23.8 Å². The Labute approximate surface area is 150 Å². The van der Waals surface area contributed by atoms with Gasteiger partial charge in [-0.3, -0.25) is 4.79 Å². The standard InChI is InChI=1S/C17H21F2NO5S/c1-17(2)15(22)14(20-8-4-3-5-13(20)21)11-9-10(6-7-12(11)25-17)26(23,24)16(18)19/h6-7,9,14-16,22H,3-5,8H2,1-2H3. The van der Waals surface area contributed by atoms with Crippen LogP contribution in [0.4, 0.5) is 8.78 Å². The van der Waals surface area contributed by atoms with Crippen molar-refractivity contribution in [1.29, 1.82) is 0 Å². The van der Waals surface area contributed by atoms with Gasteiger partial charge in [-0.05, 0) is 44.9 Å². The molecule has 9 heteroatoms. The molecule has 2 unspecified atom stereocenters. The topological polar surface area (TPSA) is 83.9 Å². The number of hydrogen-bond donors (Lipinski definition) is 1. The van der Waals surface area contributed by atoms with Gasteiger partial charge in [-0.2, -0.15) is 8.78 Å². The number of fused-ring (bicyclic) bond motifs is 1. The van der Waals surface area contributed by atoms with E-state index in [1.165, 1.54) is 11.0 Å². The highest BCUT2D eigenvalue weighted by molar-refractivity contribution is 7.91. The average Bonchev–Trinajstić information content (AvgIpc) is 2.56. The van der Waals surface area contributed by atoms with Gasteiger partial charge in [0.1, 0.15) is 17.5 Å². The van der Waals surface area contributed by atoms with Crippen molar-refractivity contribution in [3.8, 4) is 5.75 Å². The lowest BCUT2D eigenvalue weighted by atomic mass is 9.84. The van der Waals surface area contributed by atoms with Crippen molar-refractivity contribution >= 4 is 15.7 Å². The zero-order valence-electron chi connectivity index (χ0n) is 14.5. The number of benzene rings is 1. The van der Waals surface area contributed by atoms with Crippen LogP contribution in [0.3, 0.4) is 0 Å². The summed E-state index contributed by atoms with van der Waals surface area (Å²) in [6.45, 7) is 3.72. The molecule has 6 nitrogen and oxygen atoms in total. The van der Waals surface area contributed by atoms with E-state index >= 15 is 0 Å². The zero-order valence-corrected chi connectivity index (χ0v) is 15.3. The molecule has 0 radical (unpaired) electrons. The van der Waals surface area contributed by atoms with Gasteiger partial charge in [0.15, 0.2) is 0 Å². The summed E-state index contributed by atoms with van der Waals surface area (Å²) in [4.78, 5) is 13.3. The van der Waals surface area contributed by atoms with Crippen LogP contribution in [-0.4, -0.2) is 48.3 Å². The van der Waals surface area contributed by atoms with E-state index in [2.05, 4.69) is 0 Å². The number of ether oxygens (including phenoxy) is 1. The minimum atomic E-state index is -4.80. The molecular formula is C17H21F2NO5S. The van der Waals surface area contributed by atoms with E-state index in [1.807, 2.05) is 0 Å². The number of alkyl halides is 2. The Kier molecular flexibility index (Phi) is 4.72. The first kappa shape index (κ1) is 19.0. The van der Waals surface area contributed by atoms with E-state index in [4.69, 9.17) is 4.74 Å². The maximum Gasteiger partial charge on any atom is 0.341 e. The van der Waals surface area contributed by atoms with E-state index < -0.39 is 38.2 Å². The molecular weight excluding hydrogens is 368 g/mol. The minimum absolute atomic E-state index is 0.161. The fourth-order valence-corrected chi connectivity index (χ4v) is 4.24. The summed E-state index contributed by atoms with van der Waals surface area (Å²) < 4.78 is 55.2. The molecule has 0 saturated carbocycles. The van der Waals surface area contributed by atoms with Crippen molar-refractivity contribution in [3.63, 3.8) is 0 Å². The summed E-state index contributed by atoms with van der Waals surface area (Å²) in [5.74, 6) is -3.44. The SMILES string of the molecule is CC1(C)Oc2ccc(S(=O)(=O)C(F)F)cc2C(N2CCCCC2=O)C1O. The fourth-order valence-electron chi connectivity index (χ4n) is 3.48. The predicted molar refractivity (Wildman–Crippen MR) is 88.7 cm³/mol. The molecule has 2 heterocycles. The third kappa shape index (κ3) is 3.07. The van der Waals surface area contributed by atoms with Crippen molar-refractivity contribution in [2.75, 3.05) is 6.54 Å². The van der Waals surface area contributed by atoms with Gasteiger partial charge in [0, 0.05) is 18.5 Å². The Bertz CT molecular complexity index is 824. The van der Waals surface area contributed by atoms with Crippen molar-refractivity contribution in [2.24, 2.45) is 0 Å². The Hall–Kier alpha value is -1.74. The molecule has 2 aliphatic rings. The first-order chi connectivity index (χ1) is 12.1. The number of carbonyl (C=O) groups excluding carboxylic acids is 1. The molecule has 1 saturated heterocycles. The van der Waals surface area contributed by atoms with Crippen LogP contribution >= 0.6 is 0 Å². The van der Waals surface area contributed by atoms with Crippen LogP contribution < -0.4 is 4.74 Å². The van der Waals surface area contributed by atoms with Gasteiger partial charge < -0.3 is 14.7 Å². The second-order valence-electron chi connectivity index (χ2n) is 7.14. The molecule has 0 aliphatic carbocycles. The van der Waals surface area contributed by atoms with E-state index in [-0.39, 0.29) is 17.2 Å². The maximum absolute atomic E-state index is 12.9. The molecule has 1 aromatic carbocycles. The predicted octanol–water partition coefficient (Wildman–Crippen LogP) is 2.27. The highest BCUT2D eigenvalue weighted by Crippen LogP contribution is 2.44. The van der Waals surface area contributed by atoms with E-state index in [9.17, 15) is 27.1 Å². The molecule has 2 atom stereocenters. The number of piperidine rings is 1. The number of carbonyl (C=O) groups is 1. The van der Waals surface area contributed by atoms with Crippen molar-refractivity contribution in [1.82, 2.24) is 4.90 Å². The van der Waals surface area contributed by atoms with Gasteiger partial charge >= 0.3 is 5.76 Å². The fraction of sp³-hybridized carbons (Fsp3) is 0.588. The average molecular weight is 389 g/mol. The van der Waals surface area contributed by atoms with Crippen LogP contribution in [0.25, 0.3) is 0 Å². The first-order valence-corrected chi connectivity index (χ1v) is 9.93. The normalized spacial score (nSPS) is 25.8.